The third-order valence-corrected chi connectivity index (χ3v) is 2.19. The average molecular weight is 175 g/mol. The molecule has 2 aromatic rings. The molecule has 1 heterocycles. The molecule has 0 radical (unpaired) electrons. The Balaban J connectivity index is 2.72. The Bertz CT molecular complexity index is 423. The Morgan fingerprint density at radius 3 is 2.54 bits per heavy atom. The molecule has 2 nitrogen and oxygen atoms in total. The highest BCUT2D eigenvalue weighted by Crippen LogP contribution is 2.21. The van der Waals surface area contributed by atoms with Crippen molar-refractivity contribution in [3.8, 4) is 0 Å². The molecule has 0 bridgehead atoms. The topological polar surface area (TPSA) is 25.2 Å². The van der Waals surface area contributed by atoms with E-state index < -0.39 is 5.72 Å². The van der Waals surface area contributed by atoms with Crippen LogP contribution in [0.25, 0.3) is 10.9 Å². The number of rotatable bonds is 1. The fourth-order valence-corrected chi connectivity index (χ4v) is 1.56. The monoisotopic (exact) mass is 175 g/mol. The molecule has 1 aromatic heterocycles. The smallest absolute Gasteiger partial charge is 0.136 e. The van der Waals surface area contributed by atoms with Gasteiger partial charge in [-0.05, 0) is 31.4 Å². The van der Waals surface area contributed by atoms with Crippen molar-refractivity contribution in [2.24, 2.45) is 0 Å². The van der Waals surface area contributed by atoms with Crippen molar-refractivity contribution in [1.29, 1.82) is 0 Å². The normalized spacial score (nSPS) is 12.2. The molecule has 2 heteroatoms. The minimum absolute atomic E-state index is 0.830. The molecule has 0 spiro atoms. The molecule has 0 aliphatic rings. The summed E-state index contributed by atoms with van der Waals surface area (Å²) in [6.07, 6.45) is 1.91. The number of para-hydroxylation sites is 1. The van der Waals surface area contributed by atoms with Gasteiger partial charge in [-0.2, -0.15) is 0 Å². The number of hydrogen-bond acceptors (Lipinski definition) is 1. The van der Waals surface area contributed by atoms with E-state index in [9.17, 15) is 5.11 Å². The maximum Gasteiger partial charge on any atom is 0.136 e. The van der Waals surface area contributed by atoms with Crippen molar-refractivity contribution in [3.05, 3.63) is 36.5 Å². The van der Waals surface area contributed by atoms with Gasteiger partial charge in [0.25, 0.3) is 0 Å². The third kappa shape index (κ3) is 1.33. The van der Waals surface area contributed by atoms with E-state index in [1.54, 1.807) is 13.8 Å². The van der Waals surface area contributed by atoms with Crippen LogP contribution in [0.3, 0.4) is 0 Å². The van der Waals surface area contributed by atoms with Gasteiger partial charge >= 0.3 is 0 Å². The van der Waals surface area contributed by atoms with Gasteiger partial charge in [0.05, 0.1) is 5.52 Å². The largest absolute Gasteiger partial charge is 0.371 e. The van der Waals surface area contributed by atoms with E-state index in [4.69, 9.17) is 0 Å². The quantitative estimate of drug-likeness (QED) is 0.707. The Morgan fingerprint density at radius 1 is 1.15 bits per heavy atom. The SMILES string of the molecule is CC(C)(O)n1ccc2ccccc21. The van der Waals surface area contributed by atoms with E-state index in [2.05, 4.69) is 0 Å². The van der Waals surface area contributed by atoms with Crippen LogP contribution >= 0.6 is 0 Å². The number of aliphatic hydroxyl groups is 1. The van der Waals surface area contributed by atoms with Gasteiger partial charge in [-0.3, -0.25) is 0 Å². The van der Waals surface area contributed by atoms with Gasteiger partial charge in [-0.15, -0.1) is 0 Å². The summed E-state index contributed by atoms with van der Waals surface area (Å²) in [6.45, 7) is 3.55. The molecule has 1 aromatic carbocycles. The number of benzene rings is 1. The summed E-state index contributed by atoms with van der Waals surface area (Å²) in [6, 6.07) is 10.0. The first kappa shape index (κ1) is 8.32. The molecule has 0 aliphatic carbocycles. The van der Waals surface area contributed by atoms with Gasteiger partial charge in [0.15, 0.2) is 0 Å². The summed E-state index contributed by atoms with van der Waals surface area (Å²) >= 11 is 0. The maximum absolute atomic E-state index is 9.84. The summed E-state index contributed by atoms with van der Waals surface area (Å²) in [5, 5.41) is 11.0. The molecular formula is C11H13NO. The van der Waals surface area contributed by atoms with Crippen LogP contribution in [-0.4, -0.2) is 9.67 Å². The van der Waals surface area contributed by atoms with Crippen molar-refractivity contribution in [1.82, 2.24) is 4.57 Å². The van der Waals surface area contributed by atoms with Crippen molar-refractivity contribution >= 4 is 10.9 Å². The molecule has 0 amide bonds. The third-order valence-electron chi connectivity index (χ3n) is 2.19. The molecule has 0 aliphatic heterocycles. The van der Waals surface area contributed by atoms with Crippen LogP contribution in [0, 0.1) is 0 Å². The number of hydrogen-bond donors (Lipinski definition) is 1. The van der Waals surface area contributed by atoms with Gasteiger partial charge in [-0.1, -0.05) is 18.2 Å². The zero-order valence-electron chi connectivity index (χ0n) is 7.86. The zero-order valence-corrected chi connectivity index (χ0v) is 7.86. The Labute approximate surface area is 77.4 Å². The Kier molecular flexibility index (Phi) is 1.67. The fourth-order valence-electron chi connectivity index (χ4n) is 1.56. The lowest BCUT2D eigenvalue weighted by Crippen LogP contribution is -2.24. The van der Waals surface area contributed by atoms with Crippen LogP contribution in [0.4, 0.5) is 0 Å². The standard InChI is InChI=1S/C11H13NO/c1-11(2,13)12-8-7-9-5-3-4-6-10(9)12/h3-8,13H,1-2H3. The highest BCUT2D eigenvalue weighted by molar-refractivity contribution is 5.80. The van der Waals surface area contributed by atoms with Gasteiger partial charge in [0.2, 0.25) is 0 Å². The molecule has 0 fully saturated rings. The van der Waals surface area contributed by atoms with Crippen LogP contribution in [0.1, 0.15) is 13.8 Å². The lowest BCUT2D eigenvalue weighted by Gasteiger charge is -2.20. The molecule has 0 unspecified atom stereocenters. The van der Waals surface area contributed by atoms with Gasteiger partial charge in [-0.25, -0.2) is 0 Å². The number of nitrogens with zero attached hydrogens (tertiary/aromatic N) is 1. The minimum Gasteiger partial charge on any atom is -0.371 e. The Hall–Kier alpha value is -1.28. The minimum atomic E-state index is -0.830. The second kappa shape index (κ2) is 2.60. The molecule has 68 valence electrons. The fraction of sp³-hybridized carbons (Fsp3) is 0.273. The van der Waals surface area contributed by atoms with E-state index in [0.29, 0.717) is 0 Å². The van der Waals surface area contributed by atoms with Crippen LogP contribution in [0.15, 0.2) is 36.5 Å². The molecule has 0 saturated heterocycles. The summed E-state index contributed by atoms with van der Waals surface area (Å²) in [5.41, 5.74) is 0.235. The van der Waals surface area contributed by atoms with Crippen LogP contribution in [0.2, 0.25) is 0 Å². The van der Waals surface area contributed by atoms with Gasteiger partial charge in [0, 0.05) is 6.20 Å². The van der Waals surface area contributed by atoms with E-state index >= 15 is 0 Å². The van der Waals surface area contributed by atoms with Crippen molar-refractivity contribution in [3.63, 3.8) is 0 Å². The second-order valence-electron chi connectivity index (χ2n) is 3.74. The summed E-state index contributed by atoms with van der Waals surface area (Å²) < 4.78 is 1.86. The molecule has 2 rings (SSSR count). The predicted octanol–water partition coefficient (Wildman–Crippen LogP) is 2.33. The van der Waals surface area contributed by atoms with Gasteiger partial charge < -0.3 is 9.67 Å². The molecule has 1 N–H and O–H groups in total. The first-order valence-electron chi connectivity index (χ1n) is 4.38. The Morgan fingerprint density at radius 2 is 1.85 bits per heavy atom. The highest BCUT2D eigenvalue weighted by atomic mass is 16.3. The summed E-state index contributed by atoms with van der Waals surface area (Å²) in [7, 11) is 0. The van der Waals surface area contributed by atoms with Crippen LogP contribution in [-0.2, 0) is 5.72 Å². The average Bonchev–Trinajstić information content (AvgIpc) is 2.45. The van der Waals surface area contributed by atoms with E-state index in [1.165, 1.54) is 0 Å². The number of fused-ring (bicyclic) bond motifs is 1. The van der Waals surface area contributed by atoms with Crippen LogP contribution in [0.5, 0.6) is 0 Å². The van der Waals surface area contributed by atoms with Crippen LogP contribution < -0.4 is 0 Å². The lowest BCUT2D eigenvalue weighted by atomic mass is 10.2. The second-order valence-corrected chi connectivity index (χ2v) is 3.74. The summed E-state index contributed by atoms with van der Waals surface area (Å²) in [4.78, 5) is 0. The molecule has 13 heavy (non-hydrogen) atoms. The lowest BCUT2D eigenvalue weighted by molar-refractivity contribution is 0.00624. The number of aromatic nitrogens is 1. The van der Waals surface area contributed by atoms with Crippen molar-refractivity contribution in [2.45, 2.75) is 19.6 Å². The van der Waals surface area contributed by atoms with E-state index in [0.717, 1.165) is 10.9 Å². The molecule has 0 atom stereocenters. The van der Waals surface area contributed by atoms with Crippen molar-refractivity contribution < 1.29 is 5.11 Å². The van der Waals surface area contributed by atoms with Crippen molar-refractivity contribution in [2.75, 3.05) is 0 Å². The van der Waals surface area contributed by atoms with E-state index in [1.807, 2.05) is 41.1 Å². The highest BCUT2D eigenvalue weighted by Gasteiger charge is 2.16. The first-order chi connectivity index (χ1) is 6.09. The maximum atomic E-state index is 9.84. The molecule has 0 saturated carbocycles. The summed E-state index contributed by atoms with van der Waals surface area (Å²) in [5.74, 6) is 0. The molecular weight excluding hydrogens is 162 g/mol. The van der Waals surface area contributed by atoms with E-state index in [-0.39, 0.29) is 0 Å². The first-order valence-corrected chi connectivity index (χ1v) is 4.38. The zero-order chi connectivity index (χ0) is 9.47. The predicted molar refractivity (Wildman–Crippen MR) is 53.5 cm³/mol. The van der Waals surface area contributed by atoms with Gasteiger partial charge in [0.1, 0.15) is 5.72 Å².